The Kier molecular flexibility index (Phi) is 5.88. The van der Waals surface area contributed by atoms with Crippen LogP contribution < -0.4 is 5.32 Å². The highest BCUT2D eigenvalue weighted by molar-refractivity contribution is 6.33. The second-order valence-corrected chi connectivity index (χ2v) is 7.60. The van der Waals surface area contributed by atoms with Crippen molar-refractivity contribution in [2.75, 3.05) is 19.6 Å². The summed E-state index contributed by atoms with van der Waals surface area (Å²) in [6.45, 7) is 4.18. The highest BCUT2D eigenvalue weighted by Gasteiger charge is 2.22. The van der Waals surface area contributed by atoms with E-state index in [-0.39, 0.29) is 0 Å². The first-order chi connectivity index (χ1) is 13.3. The van der Waals surface area contributed by atoms with Crippen LogP contribution in [0.1, 0.15) is 11.1 Å². The molecule has 1 unspecified atom stereocenters. The van der Waals surface area contributed by atoms with E-state index >= 15 is 0 Å². The summed E-state index contributed by atoms with van der Waals surface area (Å²) >= 11 is 6.34. The molecule has 0 radical (unpaired) electrons. The van der Waals surface area contributed by atoms with E-state index < -0.39 is 0 Å². The molecule has 1 atom stereocenters. The van der Waals surface area contributed by atoms with Crippen molar-refractivity contribution < 1.29 is 0 Å². The topological polar surface area (TPSA) is 15.3 Å². The van der Waals surface area contributed by atoms with Gasteiger partial charge in [0.15, 0.2) is 0 Å². The van der Waals surface area contributed by atoms with Gasteiger partial charge in [-0.15, -0.1) is 0 Å². The van der Waals surface area contributed by atoms with Crippen molar-refractivity contribution in [1.29, 1.82) is 0 Å². The number of halogens is 1. The third-order valence-corrected chi connectivity index (χ3v) is 5.64. The van der Waals surface area contributed by atoms with Crippen LogP contribution in [0.2, 0.25) is 5.02 Å². The summed E-state index contributed by atoms with van der Waals surface area (Å²) in [5, 5.41) is 4.35. The van der Waals surface area contributed by atoms with Crippen molar-refractivity contribution in [1.82, 2.24) is 10.2 Å². The highest BCUT2D eigenvalue weighted by Crippen LogP contribution is 2.28. The number of nitrogens with one attached hydrogen (secondary N) is 1. The predicted molar refractivity (Wildman–Crippen MR) is 114 cm³/mol. The summed E-state index contributed by atoms with van der Waals surface area (Å²) in [6, 6.07) is 28.2. The maximum Gasteiger partial charge on any atom is 0.0484 e. The lowest BCUT2D eigenvalue weighted by Crippen LogP contribution is -2.51. The molecule has 1 fully saturated rings. The van der Waals surface area contributed by atoms with Crippen molar-refractivity contribution in [3.63, 3.8) is 0 Å². The molecule has 2 nitrogen and oxygen atoms in total. The van der Waals surface area contributed by atoms with Crippen molar-refractivity contribution >= 4 is 11.6 Å². The molecule has 0 aromatic heterocycles. The first kappa shape index (κ1) is 18.2. The second-order valence-electron chi connectivity index (χ2n) is 7.19. The van der Waals surface area contributed by atoms with Crippen LogP contribution in [0.15, 0.2) is 78.9 Å². The van der Waals surface area contributed by atoms with Gasteiger partial charge in [0.2, 0.25) is 0 Å². The zero-order valence-electron chi connectivity index (χ0n) is 15.4. The smallest absolute Gasteiger partial charge is 0.0484 e. The van der Waals surface area contributed by atoms with Crippen LogP contribution in [0.25, 0.3) is 11.1 Å². The Hall–Kier alpha value is -2.13. The average Bonchev–Trinajstić information content (AvgIpc) is 2.71. The summed E-state index contributed by atoms with van der Waals surface area (Å²) < 4.78 is 0. The van der Waals surface area contributed by atoms with Gasteiger partial charge in [-0.2, -0.15) is 0 Å². The number of piperazine rings is 1. The van der Waals surface area contributed by atoms with Crippen LogP contribution in [-0.2, 0) is 13.0 Å². The van der Waals surface area contributed by atoms with E-state index in [2.05, 4.69) is 70.9 Å². The molecule has 27 heavy (non-hydrogen) atoms. The average molecular weight is 377 g/mol. The summed E-state index contributed by atoms with van der Waals surface area (Å²) in [5.74, 6) is 0. The van der Waals surface area contributed by atoms with Crippen molar-refractivity contribution in [3.05, 3.63) is 95.0 Å². The van der Waals surface area contributed by atoms with Crippen LogP contribution in [-0.4, -0.2) is 30.6 Å². The molecule has 3 heteroatoms. The first-order valence-electron chi connectivity index (χ1n) is 9.62. The SMILES string of the molecule is Clc1ccccc1-c1ccc(CN2CCNCC2Cc2ccccc2)cc1. The molecule has 3 aromatic carbocycles. The van der Waals surface area contributed by atoms with Crippen molar-refractivity contribution in [2.45, 2.75) is 19.0 Å². The molecular formula is C24H25ClN2. The fourth-order valence-electron chi connectivity index (χ4n) is 3.82. The van der Waals surface area contributed by atoms with Gasteiger partial charge in [0.1, 0.15) is 0 Å². The summed E-state index contributed by atoms with van der Waals surface area (Å²) in [7, 11) is 0. The van der Waals surface area contributed by atoms with Crippen LogP contribution in [0.5, 0.6) is 0 Å². The van der Waals surface area contributed by atoms with Crippen LogP contribution in [0, 0.1) is 0 Å². The predicted octanol–water partition coefficient (Wildman–Crippen LogP) is 5.02. The Morgan fingerprint density at radius 2 is 1.59 bits per heavy atom. The van der Waals surface area contributed by atoms with Gasteiger partial charge in [-0.1, -0.05) is 84.4 Å². The summed E-state index contributed by atoms with van der Waals surface area (Å²) in [4.78, 5) is 2.61. The van der Waals surface area contributed by atoms with Crippen molar-refractivity contribution in [2.24, 2.45) is 0 Å². The number of hydrogen-bond donors (Lipinski definition) is 1. The van der Waals surface area contributed by atoms with E-state index in [0.717, 1.165) is 43.2 Å². The van der Waals surface area contributed by atoms with Gasteiger partial charge in [0, 0.05) is 42.8 Å². The molecule has 4 rings (SSSR count). The van der Waals surface area contributed by atoms with Crippen LogP contribution in [0.4, 0.5) is 0 Å². The van der Waals surface area contributed by atoms with Gasteiger partial charge in [-0.25, -0.2) is 0 Å². The first-order valence-corrected chi connectivity index (χ1v) is 10.00. The Morgan fingerprint density at radius 3 is 2.37 bits per heavy atom. The third kappa shape index (κ3) is 4.59. The number of nitrogens with zero attached hydrogens (tertiary/aromatic N) is 1. The number of benzene rings is 3. The van der Waals surface area contributed by atoms with Gasteiger partial charge >= 0.3 is 0 Å². The lowest BCUT2D eigenvalue weighted by atomic mass is 10.0. The standard InChI is InChI=1S/C24H25ClN2/c25-24-9-5-4-8-23(24)21-12-10-20(11-13-21)18-27-15-14-26-17-22(27)16-19-6-2-1-3-7-19/h1-13,22,26H,14-18H2. The molecule has 1 saturated heterocycles. The minimum Gasteiger partial charge on any atom is -0.314 e. The van der Waals surface area contributed by atoms with Crippen LogP contribution >= 0.6 is 11.6 Å². The van der Waals surface area contributed by atoms with Crippen LogP contribution in [0.3, 0.4) is 0 Å². The van der Waals surface area contributed by atoms with Gasteiger partial charge in [-0.05, 0) is 29.2 Å². The number of rotatable bonds is 5. The molecule has 0 saturated carbocycles. The molecule has 0 spiro atoms. The van der Waals surface area contributed by atoms with Crippen molar-refractivity contribution in [3.8, 4) is 11.1 Å². The van der Waals surface area contributed by atoms with Gasteiger partial charge in [0.05, 0.1) is 0 Å². The molecule has 0 bridgehead atoms. The largest absolute Gasteiger partial charge is 0.314 e. The molecule has 1 heterocycles. The Balaban J connectivity index is 1.46. The normalized spacial score (nSPS) is 17.7. The molecule has 0 aliphatic carbocycles. The maximum absolute atomic E-state index is 6.34. The van der Waals surface area contributed by atoms with Gasteiger partial charge < -0.3 is 5.32 Å². The molecular weight excluding hydrogens is 352 g/mol. The Labute approximate surface area is 166 Å². The zero-order valence-corrected chi connectivity index (χ0v) is 16.2. The maximum atomic E-state index is 6.34. The lowest BCUT2D eigenvalue weighted by molar-refractivity contribution is 0.152. The fourth-order valence-corrected chi connectivity index (χ4v) is 4.06. The number of hydrogen-bond acceptors (Lipinski definition) is 2. The summed E-state index contributed by atoms with van der Waals surface area (Å²) in [5.41, 5.74) is 5.02. The minimum absolute atomic E-state index is 0.532. The van der Waals surface area contributed by atoms with E-state index in [1.54, 1.807) is 0 Å². The molecule has 1 aliphatic rings. The molecule has 138 valence electrons. The summed E-state index contributed by atoms with van der Waals surface area (Å²) in [6.07, 6.45) is 1.09. The van der Waals surface area contributed by atoms with E-state index in [1.807, 2.05) is 18.2 Å². The third-order valence-electron chi connectivity index (χ3n) is 5.31. The van der Waals surface area contributed by atoms with E-state index in [4.69, 9.17) is 11.6 Å². The molecule has 3 aromatic rings. The van der Waals surface area contributed by atoms with E-state index in [0.29, 0.717) is 6.04 Å². The fraction of sp³-hybridized carbons (Fsp3) is 0.250. The monoisotopic (exact) mass is 376 g/mol. The molecule has 0 amide bonds. The highest BCUT2D eigenvalue weighted by atomic mass is 35.5. The van der Waals surface area contributed by atoms with E-state index in [1.165, 1.54) is 16.7 Å². The molecule has 1 aliphatic heterocycles. The quantitative estimate of drug-likeness (QED) is 0.672. The zero-order chi connectivity index (χ0) is 18.5. The Bertz CT molecular complexity index is 861. The van der Waals surface area contributed by atoms with Gasteiger partial charge in [-0.3, -0.25) is 4.90 Å². The Morgan fingerprint density at radius 1 is 0.852 bits per heavy atom. The minimum atomic E-state index is 0.532. The second kappa shape index (κ2) is 8.71. The van der Waals surface area contributed by atoms with E-state index in [9.17, 15) is 0 Å². The van der Waals surface area contributed by atoms with Gasteiger partial charge in [0.25, 0.3) is 0 Å². The molecule has 1 N–H and O–H groups in total. The lowest BCUT2D eigenvalue weighted by Gasteiger charge is -2.36.